The lowest BCUT2D eigenvalue weighted by Gasteiger charge is -2.17. The van der Waals surface area contributed by atoms with Gasteiger partial charge in [0.1, 0.15) is 5.69 Å². The van der Waals surface area contributed by atoms with E-state index in [1.54, 1.807) is 6.92 Å². The fourth-order valence-corrected chi connectivity index (χ4v) is 2.78. The summed E-state index contributed by atoms with van der Waals surface area (Å²) in [5.74, 6) is -0.923. The summed E-state index contributed by atoms with van der Waals surface area (Å²) in [6.07, 6.45) is -5.17. The number of aryl methyl sites for hydroxylation is 2. The van der Waals surface area contributed by atoms with Gasteiger partial charge in [0.25, 0.3) is 11.4 Å². The van der Waals surface area contributed by atoms with E-state index < -0.39 is 50.2 Å². The van der Waals surface area contributed by atoms with Gasteiger partial charge in [-0.1, -0.05) is 6.07 Å². The zero-order valence-electron chi connectivity index (χ0n) is 13.6. The number of benzene rings is 2. The van der Waals surface area contributed by atoms with E-state index in [4.69, 9.17) is 0 Å². The molecule has 0 radical (unpaired) electrons. The van der Waals surface area contributed by atoms with Crippen molar-refractivity contribution in [2.75, 3.05) is 5.32 Å². The molecule has 2 rings (SSSR count). The van der Waals surface area contributed by atoms with Crippen molar-refractivity contribution in [1.82, 2.24) is 0 Å². The van der Waals surface area contributed by atoms with Gasteiger partial charge in [0.05, 0.1) is 27.2 Å². The molecule has 12 heteroatoms. The monoisotopic (exact) mass is 451 g/mol. The van der Waals surface area contributed by atoms with Crippen molar-refractivity contribution in [3.8, 4) is 0 Å². The van der Waals surface area contributed by atoms with Crippen LogP contribution in [-0.4, -0.2) is 9.85 Å². The molecule has 0 fully saturated rings. The minimum Gasteiger partial charge on any atom is -0.346 e. The molecule has 0 unspecified atom stereocenters. The van der Waals surface area contributed by atoms with E-state index in [2.05, 4.69) is 21.2 Å². The van der Waals surface area contributed by atoms with Crippen LogP contribution in [-0.2, 0) is 6.18 Å². The molecule has 0 aliphatic heterocycles. The quantitative estimate of drug-likeness (QED) is 0.360. The van der Waals surface area contributed by atoms with Gasteiger partial charge >= 0.3 is 6.18 Å². The number of nitrogens with zero attached hydrogens (tertiary/aromatic N) is 2. The molecule has 0 aliphatic rings. The summed E-state index contributed by atoms with van der Waals surface area (Å²) in [4.78, 5) is 19.7. The van der Waals surface area contributed by atoms with Crippen LogP contribution < -0.4 is 5.32 Å². The molecule has 0 spiro atoms. The maximum Gasteiger partial charge on any atom is 0.418 e. The Kier molecular flexibility index (Phi) is 5.40. The molecule has 0 bridgehead atoms. The largest absolute Gasteiger partial charge is 0.418 e. The maximum absolute atomic E-state index is 14.4. The van der Waals surface area contributed by atoms with Gasteiger partial charge in [-0.15, -0.1) is 0 Å². The Balaban J connectivity index is 2.84. The van der Waals surface area contributed by atoms with E-state index in [-0.39, 0.29) is 16.1 Å². The van der Waals surface area contributed by atoms with Crippen LogP contribution in [0.15, 0.2) is 22.7 Å². The van der Waals surface area contributed by atoms with E-state index in [0.29, 0.717) is 11.6 Å². The predicted molar refractivity (Wildman–Crippen MR) is 91.6 cm³/mol. The predicted octanol–water partition coefficient (Wildman–Crippen LogP) is 5.78. The molecule has 2 aromatic carbocycles. The molecule has 2 aromatic rings. The number of alkyl halides is 3. The number of nitro benzene ring substituents is 2. The van der Waals surface area contributed by atoms with Crippen LogP contribution in [0.4, 0.5) is 40.3 Å². The second kappa shape index (κ2) is 7.10. The topological polar surface area (TPSA) is 98.3 Å². The number of hydrogen-bond acceptors (Lipinski definition) is 5. The highest BCUT2D eigenvalue weighted by Gasteiger charge is 2.40. The van der Waals surface area contributed by atoms with Crippen molar-refractivity contribution in [3.05, 3.63) is 65.4 Å². The highest BCUT2D eigenvalue weighted by atomic mass is 79.9. The Labute approximate surface area is 157 Å². The zero-order chi connectivity index (χ0) is 20.7. The first kappa shape index (κ1) is 20.6. The number of nitro groups is 2. The Morgan fingerprint density at radius 3 is 2.07 bits per heavy atom. The number of anilines is 2. The first-order valence-electron chi connectivity index (χ1n) is 7.10. The van der Waals surface area contributed by atoms with Crippen LogP contribution >= 0.6 is 15.9 Å². The van der Waals surface area contributed by atoms with Crippen LogP contribution in [0.3, 0.4) is 0 Å². The lowest BCUT2D eigenvalue weighted by atomic mass is 10.1. The molecule has 7 nitrogen and oxygen atoms in total. The third-order valence-corrected chi connectivity index (χ3v) is 4.65. The van der Waals surface area contributed by atoms with Gasteiger partial charge in [-0.05, 0) is 40.9 Å². The Morgan fingerprint density at radius 2 is 1.59 bits per heavy atom. The van der Waals surface area contributed by atoms with Crippen LogP contribution in [0.25, 0.3) is 0 Å². The average Bonchev–Trinajstić information content (AvgIpc) is 2.55. The minimum absolute atomic E-state index is 0.0615. The number of hydrogen-bond donors (Lipinski definition) is 1. The van der Waals surface area contributed by atoms with Crippen LogP contribution in [0.2, 0.25) is 0 Å². The Morgan fingerprint density at radius 1 is 1.00 bits per heavy atom. The average molecular weight is 452 g/mol. The van der Waals surface area contributed by atoms with Gasteiger partial charge in [0, 0.05) is 10.5 Å². The SMILES string of the molecule is Cc1cc(C)c(Br)c(Nc2c([N+](=O)[O-])cc([N+](=O)[O-])cc2C(F)(F)F)c1F. The van der Waals surface area contributed by atoms with Crippen molar-refractivity contribution >= 4 is 38.7 Å². The zero-order valence-corrected chi connectivity index (χ0v) is 15.2. The van der Waals surface area contributed by atoms with Gasteiger partial charge < -0.3 is 5.32 Å². The second-order valence-corrected chi connectivity index (χ2v) is 6.33. The van der Waals surface area contributed by atoms with Gasteiger partial charge in [0.2, 0.25) is 0 Å². The first-order chi connectivity index (χ1) is 12.3. The highest BCUT2D eigenvalue weighted by Crippen LogP contribution is 2.45. The molecule has 0 heterocycles. The molecular weight excluding hydrogens is 442 g/mol. The molecule has 144 valence electrons. The van der Waals surface area contributed by atoms with Crippen molar-refractivity contribution in [2.24, 2.45) is 0 Å². The van der Waals surface area contributed by atoms with Crippen molar-refractivity contribution in [3.63, 3.8) is 0 Å². The normalized spacial score (nSPS) is 11.4. The highest BCUT2D eigenvalue weighted by molar-refractivity contribution is 9.10. The number of non-ortho nitro benzene ring substituents is 1. The fourth-order valence-electron chi connectivity index (χ4n) is 2.39. The van der Waals surface area contributed by atoms with Gasteiger partial charge in [0.15, 0.2) is 5.82 Å². The minimum atomic E-state index is -5.17. The summed E-state index contributed by atoms with van der Waals surface area (Å²) in [5.41, 5.74) is -4.96. The Bertz CT molecular complexity index is 937. The van der Waals surface area contributed by atoms with E-state index in [1.165, 1.54) is 13.0 Å². The fraction of sp³-hybridized carbons (Fsp3) is 0.200. The van der Waals surface area contributed by atoms with Crippen molar-refractivity contribution < 1.29 is 27.4 Å². The van der Waals surface area contributed by atoms with Crippen molar-refractivity contribution in [2.45, 2.75) is 20.0 Å². The van der Waals surface area contributed by atoms with Crippen LogP contribution in [0.1, 0.15) is 16.7 Å². The summed E-state index contributed by atoms with van der Waals surface area (Å²) < 4.78 is 54.7. The lowest BCUT2D eigenvalue weighted by Crippen LogP contribution is -2.13. The molecule has 0 atom stereocenters. The molecule has 0 amide bonds. The smallest absolute Gasteiger partial charge is 0.346 e. The van der Waals surface area contributed by atoms with E-state index >= 15 is 0 Å². The van der Waals surface area contributed by atoms with Crippen LogP contribution in [0.5, 0.6) is 0 Å². The molecule has 0 saturated heterocycles. The molecule has 27 heavy (non-hydrogen) atoms. The number of nitrogens with one attached hydrogen (secondary N) is 1. The molecule has 0 aromatic heterocycles. The number of halogens is 5. The van der Waals surface area contributed by atoms with Gasteiger partial charge in [-0.25, -0.2) is 4.39 Å². The second-order valence-electron chi connectivity index (χ2n) is 5.54. The Hall–Kier alpha value is -2.76. The summed E-state index contributed by atoms with van der Waals surface area (Å²) in [7, 11) is 0. The summed E-state index contributed by atoms with van der Waals surface area (Å²) in [6, 6.07) is 1.97. The van der Waals surface area contributed by atoms with Gasteiger partial charge in [-0.3, -0.25) is 20.2 Å². The third-order valence-electron chi connectivity index (χ3n) is 3.63. The molecular formula is C15H10BrF4N3O4. The molecule has 1 N–H and O–H groups in total. The summed E-state index contributed by atoms with van der Waals surface area (Å²) in [6.45, 7) is 2.92. The summed E-state index contributed by atoms with van der Waals surface area (Å²) >= 11 is 3.04. The lowest BCUT2D eigenvalue weighted by molar-refractivity contribution is -0.394. The van der Waals surface area contributed by atoms with Gasteiger partial charge in [-0.2, -0.15) is 13.2 Å². The summed E-state index contributed by atoms with van der Waals surface area (Å²) in [5, 5.41) is 24.2. The van der Waals surface area contributed by atoms with E-state index in [1.807, 2.05) is 0 Å². The number of rotatable bonds is 4. The van der Waals surface area contributed by atoms with E-state index in [0.717, 1.165) is 0 Å². The third kappa shape index (κ3) is 3.99. The maximum atomic E-state index is 14.4. The molecule has 0 saturated carbocycles. The van der Waals surface area contributed by atoms with Crippen molar-refractivity contribution in [1.29, 1.82) is 0 Å². The van der Waals surface area contributed by atoms with Crippen LogP contribution in [0, 0.1) is 39.9 Å². The standard InChI is InChI=1S/C15H10BrF4N3O4/c1-6-3-7(2)12(17)14(11(6)16)21-13-9(15(18,19)20)4-8(22(24)25)5-10(13)23(26)27/h3-5,21H,1-2H3. The van der Waals surface area contributed by atoms with E-state index in [9.17, 15) is 37.8 Å². The first-order valence-corrected chi connectivity index (χ1v) is 7.90. The molecule has 0 aliphatic carbocycles.